The first-order valence-corrected chi connectivity index (χ1v) is 6.52. The van der Waals surface area contributed by atoms with E-state index in [0.29, 0.717) is 16.6 Å². The van der Waals surface area contributed by atoms with E-state index in [1.54, 1.807) is 12.1 Å². The second-order valence-electron chi connectivity index (χ2n) is 4.11. The predicted octanol–water partition coefficient (Wildman–Crippen LogP) is 3.73. The average molecular weight is 303 g/mol. The molecule has 1 aliphatic heterocycles. The molecule has 0 bridgehead atoms. The van der Waals surface area contributed by atoms with Crippen molar-refractivity contribution in [1.82, 2.24) is 4.90 Å². The normalized spacial score (nSPS) is 20.2. The SMILES string of the molecule is C[C@@H]1CCCN1C(=O)c1cc(Cl)ccc1Br. The lowest BCUT2D eigenvalue weighted by Gasteiger charge is -2.22. The minimum absolute atomic E-state index is 0.0689. The zero-order valence-electron chi connectivity index (χ0n) is 9.04. The molecule has 1 saturated heterocycles. The number of carbonyl (C=O) groups is 1. The highest BCUT2D eigenvalue weighted by atomic mass is 79.9. The first kappa shape index (κ1) is 11.9. The van der Waals surface area contributed by atoms with Crippen molar-refractivity contribution in [2.45, 2.75) is 25.8 Å². The van der Waals surface area contributed by atoms with Gasteiger partial charge in [-0.15, -0.1) is 0 Å². The number of halogens is 2. The van der Waals surface area contributed by atoms with Crippen LogP contribution in [0.5, 0.6) is 0 Å². The summed E-state index contributed by atoms with van der Waals surface area (Å²) in [5, 5.41) is 0.596. The van der Waals surface area contributed by atoms with Crippen LogP contribution in [0.25, 0.3) is 0 Å². The molecular formula is C12H13BrClNO. The fourth-order valence-corrected chi connectivity index (χ4v) is 2.64. The zero-order valence-corrected chi connectivity index (χ0v) is 11.4. The molecule has 16 heavy (non-hydrogen) atoms. The highest BCUT2D eigenvalue weighted by molar-refractivity contribution is 9.10. The fourth-order valence-electron chi connectivity index (χ4n) is 2.05. The van der Waals surface area contributed by atoms with Gasteiger partial charge in [-0.1, -0.05) is 11.6 Å². The van der Waals surface area contributed by atoms with E-state index in [2.05, 4.69) is 22.9 Å². The number of carbonyl (C=O) groups excluding carboxylic acids is 1. The highest BCUT2D eigenvalue weighted by Gasteiger charge is 2.27. The van der Waals surface area contributed by atoms with Gasteiger partial charge in [-0.25, -0.2) is 0 Å². The minimum atomic E-state index is 0.0689. The summed E-state index contributed by atoms with van der Waals surface area (Å²) < 4.78 is 0.806. The molecular weight excluding hydrogens is 289 g/mol. The predicted molar refractivity (Wildman–Crippen MR) is 68.9 cm³/mol. The van der Waals surface area contributed by atoms with Crippen molar-refractivity contribution in [3.05, 3.63) is 33.3 Å². The summed E-state index contributed by atoms with van der Waals surface area (Å²) in [4.78, 5) is 14.2. The van der Waals surface area contributed by atoms with E-state index in [1.807, 2.05) is 11.0 Å². The van der Waals surface area contributed by atoms with Crippen LogP contribution in [-0.2, 0) is 0 Å². The van der Waals surface area contributed by atoms with Gasteiger partial charge in [0.25, 0.3) is 5.91 Å². The highest BCUT2D eigenvalue weighted by Crippen LogP contribution is 2.26. The van der Waals surface area contributed by atoms with E-state index < -0.39 is 0 Å². The Labute approximate surface area is 109 Å². The molecule has 1 aromatic carbocycles. The van der Waals surface area contributed by atoms with E-state index >= 15 is 0 Å². The van der Waals surface area contributed by atoms with Crippen molar-refractivity contribution in [3.63, 3.8) is 0 Å². The Balaban J connectivity index is 2.29. The van der Waals surface area contributed by atoms with Crippen LogP contribution < -0.4 is 0 Å². The molecule has 86 valence electrons. The van der Waals surface area contributed by atoms with Crippen molar-refractivity contribution >= 4 is 33.4 Å². The summed E-state index contributed by atoms with van der Waals surface area (Å²) in [5.41, 5.74) is 0.654. The molecule has 0 spiro atoms. The van der Waals surface area contributed by atoms with Crippen molar-refractivity contribution < 1.29 is 4.79 Å². The number of rotatable bonds is 1. The lowest BCUT2D eigenvalue weighted by atomic mass is 10.2. The number of benzene rings is 1. The summed E-state index contributed by atoms with van der Waals surface area (Å²) in [6.07, 6.45) is 2.18. The number of hydrogen-bond donors (Lipinski definition) is 0. The molecule has 1 amide bonds. The van der Waals surface area contributed by atoms with Gasteiger partial charge in [-0.05, 0) is 53.9 Å². The molecule has 0 unspecified atom stereocenters. The van der Waals surface area contributed by atoms with Gasteiger partial charge in [0.2, 0.25) is 0 Å². The first-order valence-electron chi connectivity index (χ1n) is 5.35. The zero-order chi connectivity index (χ0) is 11.7. The van der Waals surface area contributed by atoms with Gasteiger partial charge in [-0.2, -0.15) is 0 Å². The Morgan fingerprint density at radius 2 is 2.31 bits per heavy atom. The van der Waals surface area contributed by atoms with Gasteiger partial charge in [0.05, 0.1) is 5.56 Å². The largest absolute Gasteiger partial charge is 0.336 e. The average Bonchev–Trinajstić information content (AvgIpc) is 2.67. The molecule has 0 radical (unpaired) electrons. The van der Waals surface area contributed by atoms with Gasteiger partial charge >= 0.3 is 0 Å². The Morgan fingerprint density at radius 1 is 1.56 bits per heavy atom. The third-order valence-corrected chi connectivity index (χ3v) is 3.90. The monoisotopic (exact) mass is 301 g/mol. The van der Waals surface area contributed by atoms with Crippen LogP contribution in [0.15, 0.2) is 22.7 Å². The molecule has 1 fully saturated rings. The summed E-state index contributed by atoms with van der Waals surface area (Å²) in [6.45, 7) is 2.93. The molecule has 1 aliphatic rings. The van der Waals surface area contributed by atoms with Crippen LogP contribution in [0.1, 0.15) is 30.1 Å². The smallest absolute Gasteiger partial charge is 0.255 e. The maximum absolute atomic E-state index is 12.3. The van der Waals surface area contributed by atoms with Gasteiger partial charge in [-0.3, -0.25) is 4.79 Å². The van der Waals surface area contributed by atoms with Crippen LogP contribution in [-0.4, -0.2) is 23.4 Å². The Morgan fingerprint density at radius 3 is 2.94 bits per heavy atom. The third-order valence-electron chi connectivity index (χ3n) is 2.97. The molecule has 0 saturated carbocycles. The topological polar surface area (TPSA) is 20.3 Å². The molecule has 1 atom stereocenters. The Kier molecular flexibility index (Phi) is 3.55. The van der Waals surface area contributed by atoms with E-state index in [-0.39, 0.29) is 5.91 Å². The molecule has 1 aromatic rings. The van der Waals surface area contributed by atoms with E-state index in [1.165, 1.54) is 0 Å². The van der Waals surface area contributed by atoms with Gasteiger partial charge in [0.1, 0.15) is 0 Å². The summed E-state index contributed by atoms with van der Waals surface area (Å²) in [6, 6.07) is 5.64. The van der Waals surface area contributed by atoms with Crippen LogP contribution in [0.4, 0.5) is 0 Å². The fraction of sp³-hybridized carbons (Fsp3) is 0.417. The van der Waals surface area contributed by atoms with Crippen LogP contribution in [0.3, 0.4) is 0 Å². The number of nitrogens with zero attached hydrogens (tertiary/aromatic N) is 1. The van der Waals surface area contributed by atoms with E-state index in [4.69, 9.17) is 11.6 Å². The minimum Gasteiger partial charge on any atom is -0.336 e. The van der Waals surface area contributed by atoms with Gasteiger partial charge in [0, 0.05) is 22.1 Å². The van der Waals surface area contributed by atoms with Crippen LogP contribution in [0.2, 0.25) is 5.02 Å². The third kappa shape index (κ3) is 2.25. The number of hydrogen-bond acceptors (Lipinski definition) is 1. The number of amides is 1. The number of likely N-dealkylation sites (tertiary alicyclic amines) is 1. The van der Waals surface area contributed by atoms with Crippen LogP contribution in [0, 0.1) is 0 Å². The summed E-state index contributed by atoms with van der Waals surface area (Å²) in [7, 11) is 0. The molecule has 0 aliphatic carbocycles. The standard InChI is InChI=1S/C12H13BrClNO/c1-8-3-2-6-15(8)12(16)10-7-9(14)4-5-11(10)13/h4-5,7-8H,2-3,6H2,1H3/t8-/m1/s1. The van der Waals surface area contributed by atoms with Crippen molar-refractivity contribution in [2.24, 2.45) is 0 Å². The van der Waals surface area contributed by atoms with E-state index in [0.717, 1.165) is 23.9 Å². The molecule has 0 N–H and O–H groups in total. The van der Waals surface area contributed by atoms with Gasteiger partial charge < -0.3 is 4.90 Å². The molecule has 2 nitrogen and oxygen atoms in total. The maximum atomic E-state index is 12.3. The second kappa shape index (κ2) is 4.76. The summed E-state index contributed by atoms with van der Waals surface area (Å²) in [5.74, 6) is 0.0689. The maximum Gasteiger partial charge on any atom is 0.255 e. The van der Waals surface area contributed by atoms with Crippen molar-refractivity contribution in [2.75, 3.05) is 6.54 Å². The van der Waals surface area contributed by atoms with Crippen LogP contribution >= 0.6 is 27.5 Å². The lowest BCUT2D eigenvalue weighted by molar-refractivity contribution is 0.0746. The van der Waals surface area contributed by atoms with Crippen molar-refractivity contribution in [3.8, 4) is 0 Å². The van der Waals surface area contributed by atoms with E-state index in [9.17, 15) is 4.79 Å². The molecule has 4 heteroatoms. The lowest BCUT2D eigenvalue weighted by Crippen LogP contribution is -2.33. The van der Waals surface area contributed by atoms with Gasteiger partial charge in [0.15, 0.2) is 0 Å². The summed E-state index contributed by atoms with van der Waals surface area (Å²) >= 11 is 9.30. The molecule has 2 rings (SSSR count). The quantitative estimate of drug-likeness (QED) is 0.774. The molecule has 1 heterocycles. The first-order chi connectivity index (χ1) is 7.59. The molecule has 0 aromatic heterocycles. The Bertz CT molecular complexity index is 421. The van der Waals surface area contributed by atoms with Crippen molar-refractivity contribution in [1.29, 1.82) is 0 Å². The Hall–Kier alpha value is -0.540. The second-order valence-corrected chi connectivity index (χ2v) is 5.40.